The quantitative estimate of drug-likeness (QED) is 0.698. The molecule has 78 valence electrons. The Hall–Kier alpha value is -0.980. The van der Waals surface area contributed by atoms with E-state index in [0.717, 1.165) is 19.3 Å². The third-order valence-corrected chi connectivity index (χ3v) is 4.35. The number of tetrazole rings is 1. The average molecular weight is 216 g/mol. The van der Waals surface area contributed by atoms with Crippen molar-refractivity contribution < 1.29 is 8.42 Å². The van der Waals surface area contributed by atoms with E-state index in [9.17, 15) is 8.42 Å². The molecule has 6 nitrogen and oxygen atoms in total. The van der Waals surface area contributed by atoms with E-state index in [2.05, 4.69) is 15.5 Å². The number of hydrogen-bond acceptors (Lipinski definition) is 5. The third kappa shape index (κ3) is 1.63. The zero-order chi connectivity index (χ0) is 10.2. The molecule has 1 heterocycles. The maximum absolute atomic E-state index is 11.8. The van der Waals surface area contributed by atoms with Crippen molar-refractivity contribution in [1.29, 1.82) is 0 Å². The van der Waals surface area contributed by atoms with E-state index in [1.54, 1.807) is 0 Å². The van der Waals surface area contributed by atoms with Gasteiger partial charge in [0.05, 0.1) is 5.75 Å². The number of hydrogen-bond donors (Lipinski definition) is 0. The van der Waals surface area contributed by atoms with Crippen molar-refractivity contribution in [2.45, 2.75) is 24.4 Å². The van der Waals surface area contributed by atoms with Crippen molar-refractivity contribution in [1.82, 2.24) is 20.2 Å². The van der Waals surface area contributed by atoms with Crippen LogP contribution in [0.4, 0.5) is 0 Å². The lowest BCUT2D eigenvalue weighted by Gasteiger charge is -2.24. The maximum Gasteiger partial charge on any atom is 0.267 e. The molecular formula is C7H12N4O2S. The van der Waals surface area contributed by atoms with Crippen LogP contribution < -0.4 is 0 Å². The first-order valence-corrected chi connectivity index (χ1v) is 6.20. The summed E-state index contributed by atoms with van der Waals surface area (Å²) in [6.07, 6.45) is 3.15. The van der Waals surface area contributed by atoms with Gasteiger partial charge in [0.15, 0.2) is 0 Å². The number of aryl methyl sites for hydroxylation is 1. The minimum absolute atomic E-state index is 0.0237. The van der Waals surface area contributed by atoms with Crippen LogP contribution in [0.15, 0.2) is 5.16 Å². The third-order valence-electron chi connectivity index (χ3n) is 2.54. The Kier molecular flexibility index (Phi) is 2.26. The highest BCUT2D eigenvalue weighted by Crippen LogP contribution is 2.28. The SMILES string of the molecule is Cn1nnnc1S(=O)(=O)CC1CCC1. The van der Waals surface area contributed by atoms with E-state index >= 15 is 0 Å². The summed E-state index contributed by atoms with van der Waals surface area (Å²) in [6, 6.07) is 0. The van der Waals surface area contributed by atoms with E-state index in [1.807, 2.05) is 0 Å². The molecule has 1 aliphatic carbocycles. The van der Waals surface area contributed by atoms with Gasteiger partial charge in [-0.2, -0.15) is 0 Å². The van der Waals surface area contributed by atoms with E-state index in [0.29, 0.717) is 5.92 Å². The van der Waals surface area contributed by atoms with Gasteiger partial charge in [-0.1, -0.05) is 11.5 Å². The topological polar surface area (TPSA) is 77.7 Å². The van der Waals surface area contributed by atoms with Crippen LogP contribution in [0, 0.1) is 5.92 Å². The molecule has 0 unspecified atom stereocenters. The summed E-state index contributed by atoms with van der Waals surface area (Å²) in [5.41, 5.74) is 0. The Morgan fingerprint density at radius 2 is 2.21 bits per heavy atom. The molecule has 7 heteroatoms. The highest BCUT2D eigenvalue weighted by atomic mass is 32.2. The molecule has 1 aliphatic rings. The van der Waals surface area contributed by atoms with Crippen molar-refractivity contribution in [2.75, 3.05) is 5.75 Å². The summed E-state index contributed by atoms with van der Waals surface area (Å²) in [6.45, 7) is 0. The van der Waals surface area contributed by atoms with Gasteiger partial charge < -0.3 is 0 Å². The monoisotopic (exact) mass is 216 g/mol. The zero-order valence-electron chi connectivity index (χ0n) is 7.92. The minimum atomic E-state index is -3.28. The van der Waals surface area contributed by atoms with Crippen molar-refractivity contribution in [2.24, 2.45) is 13.0 Å². The van der Waals surface area contributed by atoms with Crippen LogP contribution in [0.2, 0.25) is 0 Å². The fourth-order valence-corrected chi connectivity index (χ4v) is 3.23. The Bertz CT molecular complexity index is 421. The second-order valence-electron chi connectivity index (χ2n) is 3.66. The molecule has 1 aromatic heterocycles. The van der Waals surface area contributed by atoms with Crippen LogP contribution in [0.25, 0.3) is 0 Å². The normalized spacial score (nSPS) is 18.1. The summed E-state index contributed by atoms with van der Waals surface area (Å²) >= 11 is 0. The number of aromatic nitrogens is 4. The molecule has 0 radical (unpaired) electrons. The van der Waals surface area contributed by atoms with Gasteiger partial charge in [0, 0.05) is 7.05 Å². The van der Waals surface area contributed by atoms with Crippen molar-refractivity contribution in [3.8, 4) is 0 Å². The molecule has 0 bridgehead atoms. The molecule has 1 aromatic rings. The smallest absolute Gasteiger partial charge is 0.220 e. The first-order valence-electron chi connectivity index (χ1n) is 4.55. The Morgan fingerprint density at radius 1 is 1.50 bits per heavy atom. The first-order chi connectivity index (χ1) is 6.59. The lowest BCUT2D eigenvalue weighted by Crippen LogP contribution is -2.24. The fourth-order valence-electron chi connectivity index (χ4n) is 1.53. The van der Waals surface area contributed by atoms with Crippen LogP contribution in [0.3, 0.4) is 0 Å². The number of nitrogens with zero attached hydrogens (tertiary/aromatic N) is 4. The molecule has 0 amide bonds. The lowest BCUT2D eigenvalue weighted by molar-refractivity contribution is 0.346. The molecule has 2 rings (SSSR count). The predicted molar refractivity (Wildman–Crippen MR) is 48.2 cm³/mol. The van der Waals surface area contributed by atoms with Gasteiger partial charge in [-0.3, -0.25) is 0 Å². The molecule has 0 saturated heterocycles. The predicted octanol–water partition coefficient (Wildman–Crippen LogP) is -0.216. The van der Waals surface area contributed by atoms with Gasteiger partial charge in [-0.25, -0.2) is 13.1 Å². The first kappa shape index (κ1) is 9.57. The second-order valence-corrected chi connectivity index (χ2v) is 5.59. The Balaban J connectivity index is 2.19. The summed E-state index contributed by atoms with van der Waals surface area (Å²) in [5, 5.41) is 10.3. The average Bonchev–Trinajstić information content (AvgIpc) is 2.45. The molecule has 0 aromatic carbocycles. The molecule has 1 fully saturated rings. The molecule has 0 aliphatic heterocycles. The molecular weight excluding hydrogens is 204 g/mol. The zero-order valence-corrected chi connectivity index (χ0v) is 8.74. The standard InChI is InChI=1S/C7H12N4O2S/c1-11-7(8-9-10-11)14(12,13)5-6-3-2-4-6/h6H,2-5H2,1H3. The van der Waals surface area contributed by atoms with E-state index in [4.69, 9.17) is 0 Å². The molecule has 0 atom stereocenters. The summed E-state index contributed by atoms with van der Waals surface area (Å²) in [7, 11) is -1.75. The van der Waals surface area contributed by atoms with Gasteiger partial charge in [-0.05, 0) is 29.2 Å². The van der Waals surface area contributed by atoms with Gasteiger partial charge >= 0.3 is 0 Å². The summed E-state index contributed by atoms with van der Waals surface area (Å²) in [4.78, 5) is 0. The number of sulfone groups is 1. The highest BCUT2D eigenvalue weighted by Gasteiger charge is 2.29. The summed E-state index contributed by atoms with van der Waals surface area (Å²) in [5.74, 6) is 0.484. The highest BCUT2D eigenvalue weighted by molar-refractivity contribution is 7.91. The molecule has 0 spiro atoms. The van der Waals surface area contributed by atoms with Crippen LogP contribution in [-0.4, -0.2) is 34.4 Å². The van der Waals surface area contributed by atoms with E-state index < -0.39 is 9.84 Å². The van der Waals surface area contributed by atoms with E-state index in [1.165, 1.54) is 11.7 Å². The Morgan fingerprint density at radius 3 is 2.64 bits per heavy atom. The second kappa shape index (κ2) is 3.30. The van der Waals surface area contributed by atoms with Crippen LogP contribution >= 0.6 is 0 Å². The van der Waals surface area contributed by atoms with Crippen molar-refractivity contribution >= 4 is 9.84 Å². The van der Waals surface area contributed by atoms with Crippen molar-refractivity contribution in [3.63, 3.8) is 0 Å². The van der Waals surface area contributed by atoms with Gasteiger partial charge in [0.1, 0.15) is 0 Å². The van der Waals surface area contributed by atoms with Crippen molar-refractivity contribution in [3.05, 3.63) is 0 Å². The fraction of sp³-hybridized carbons (Fsp3) is 0.857. The van der Waals surface area contributed by atoms with E-state index in [-0.39, 0.29) is 10.9 Å². The molecule has 1 saturated carbocycles. The number of rotatable bonds is 3. The molecule has 0 N–H and O–H groups in total. The Labute approximate surface area is 82.2 Å². The van der Waals surface area contributed by atoms with Gasteiger partial charge in [0.2, 0.25) is 9.84 Å². The van der Waals surface area contributed by atoms with Crippen LogP contribution in [0.5, 0.6) is 0 Å². The molecule has 14 heavy (non-hydrogen) atoms. The van der Waals surface area contributed by atoms with Gasteiger partial charge in [0.25, 0.3) is 5.16 Å². The van der Waals surface area contributed by atoms with Gasteiger partial charge in [-0.15, -0.1) is 0 Å². The maximum atomic E-state index is 11.8. The largest absolute Gasteiger partial charge is 0.267 e. The van der Waals surface area contributed by atoms with Crippen LogP contribution in [0.1, 0.15) is 19.3 Å². The summed E-state index contributed by atoms with van der Waals surface area (Å²) < 4.78 is 24.7. The van der Waals surface area contributed by atoms with Crippen LogP contribution in [-0.2, 0) is 16.9 Å². The minimum Gasteiger partial charge on any atom is -0.220 e. The lowest BCUT2D eigenvalue weighted by atomic mass is 9.87.